The van der Waals surface area contributed by atoms with Gasteiger partial charge in [-0.25, -0.2) is 0 Å². The maximum atomic E-state index is 10.8. The molecular formula is C11H23NO3. The summed E-state index contributed by atoms with van der Waals surface area (Å²) in [6.45, 7) is 7.13. The summed E-state index contributed by atoms with van der Waals surface area (Å²) in [7, 11) is 0. The molecule has 0 aliphatic carbocycles. The van der Waals surface area contributed by atoms with Crippen LogP contribution in [0.25, 0.3) is 0 Å². The molecule has 0 rings (SSSR count). The van der Waals surface area contributed by atoms with Crippen LogP contribution in [0.2, 0.25) is 0 Å². The second-order valence-corrected chi connectivity index (χ2v) is 3.72. The molecule has 0 saturated heterocycles. The lowest BCUT2D eigenvalue weighted by Crippen LogP contribution is -2.25. The lowest BCUT2D eigenvalue weighted by Gasteiger charge is -2.18. The fourth-order valence-corrected chi connectivity index (χ4v) is 1.65. The number of carboxylic acids is 1. The minimum absolute atomic E-state index is 0.0394. The minimum atomic E-state index is -0.788. The predicted molar refractivity (Wildman–Crippen MR) is 59.9 cm³/mol. The van der Waals surface area contributed by atoms with Gasteiger partial charge in [0, 0.05) is 6.61 Å². The second-order valence-electron chi connectivity index (χ2n) is 3.72. The maximum absolute atomic E-state index is 10.8. The number of aliphatic hydroxyl groups excluding tert-OH is 1. The molecule has 0 saturated carbocycles. The first-order valence-corrected chi connectivity index (χ1v) is 5.71. The van der Waals surface area contributed by atoms with Crippen molar-refractivity contribution in [1.29, 1.82) is 0 Å². The second kappa shape index (κ2) is 8.68. The number of aliphatic carboxylic acids is 1. The van der Waals surface area contributed by atoms with Crippen molar-refractivity contribution in [2.75, 3.05) is 26.2 Å². The summed E-state index contributed by atoms with van der Waals surface area (Å²) in [6, 6.07) is 0. The Hall–Kier alpha value is -0.610. The van der Waals surface area contributed by atoms with Gasteiger partial charge in [0.2, 0.25) is 0 Å². The number of carbonyl (C=O) groups is 1. The normalized spacial score (nSPS) is 13.1. The third-order valence-corrected chi connectivity index (χ3v) is 2.75. The van der Waals surface area contributed by atoms with Crippen molar-refractivity contribution in [2.45, 2.75) is 33.1 Å². The molecule has 15 heavy (non-hydrogen) atoms. The Balaban J connectivity index is 3.74. The Bertz CT molecular complexity index is 169. The molecule has 0 bridgehead atoms. The van der Waals surface area contributed by atoms with E-state index in [1.807, 2.05) is 0 Å². The molecule has 0 aromatic carbocycles. The lowest BCUT2D eigenvalue weighted by molar-refractivity contribution is -0.142. The predicted octanol–water partition coefficient (Wildman–Crippen LogP) is 1.19. The molecule has 0 aliphatic heterocycles. The van der Waals surface area contributed by atoms with E-state index in [-0.39, 0.29) is 12.5 Å². The summed E-state index contributed by atoms with van der Waals surface area (Å²) in [5.74, 6) is -1.17. The van der Waals surface area contributed by atoms with Crippen LogP contribution in [0, 0.1) is 5.92 Å². The summed E-state index contributed by atoms with van der Waals surface area (Å²) in [5, 5.41) is 17.6. The van der Waals surface area contributed by atoms with Gasteiger partial charge in [0.15, 0.2) is 0 Å². The first-order chi connectivity index (χ1) is 7.15. The molecule has 0 unspecified atom stereocenters. The molecule has 0 radical (unpaired) electrons. The van der Waals surface area contributed by atoms with Gasteiger partial charge in [-0.1, -0.05) is 13.8 Å². The number of nitrogens with zero attached hydrogens (tertiary/aromatic N) is 1. The van der Waals surface area contributed by atoms with Crippen LogP contribution in [0.5, 0.6) is 0 Å². The molecule has 0 aliphatic rings. The largest absolute Gasteiger partial charge is 0.481 e. The summed E-state index contributed by atoms with van der Waals surface area (Å²) in [4.78, 5) is 13.1. The van der Waals surface area contributed by atoms with Gasteiger partial charge in [-0.05, 0) is 38.9 Å². The first kappa shape index (κ1) is 14.4. The molecule has 0 amide bonds. The molecule has 0 aromatic heterocycles. The third kappa shape index (κ3) is 6.47. The Morgan fingerprint density at radius 2 is 1.87 bits per heavy atom. The van der Waals surface area contributed by atoms with Gasteiger partial charge in [-0.2, -0.15) is 0 Å². The summed E-state index contributed by atoms with van der Waals surface area (Å²) >= 11 is 0. The van der Waals surface area contributed by atoms with Crippen molar-refractivity contribution in [2.24, 2.45) is 5.92 Å². The average molecular weight is 217 g/mol. The van der Waals surface area contributed by atoms with Gasteiger partial charge >= 0.3 is 5.97 Å². The van der Waals surface area contributed by atoms with E-state index in [9.17, 15) is 4.79 Å². The highest BCUT2D eigenvalue weighted by Gasteiger charge is 2.16. The van der Waals surface area contributed by atoms with Crippen molar-refractivity contribution >= 4 is 5.97 Å². The van der Waals surface area contributed by atoms with Gasteiger partial charge < -0.3 is 15.1 Å². The van der Waals surface area contributed by atoms with E-state index in [4.69, 9.17) is 10.2 Å². The maximum Gasteiger partial charge on any atom is 0.306 e. The van der Waals surface area contributed by atoms with E-state index in [0.717, 1.165) is 26.1 Å². The van der Waals surface area contributed by atoms with E-state index in [1.54, 1.807) is 0 Å². The fourth-order valence-electron chi connectivity index (χ4n) is 1.65. The molecule has 4 heteroatoms. The highest BCUT2D eigenvalue weighted by molar-refractivity contribution is 5.69. The third-order valence-electron chi connectivity index (χ3n) is 2.75. The molecule has 2 N–H and O–H groups in total. The highest BCUT2D eigenvalue weighted by atomic mass is 16.4. The minimum Gasteiger partial charge on any atom is -0.481 e. The number of hydrogen-bond acceptors (Lipinski definition) is 3. The molecule has 90 valence electrons. The van der Waals surface area contributed by atoms with Crippen molar-refractivity contribution in [1.82, 2.24) is 4.90 Å². The number of carboxylic acid groups (broad SMARTS) is 1. The van der Waals surface area contributed by atoms with Crippen LogP contribution in [0.1, 0.15) is 33.1 Å². The first-order valence-electron chi connectivity index (χ1n) is 5.71. The molecule has 0 heterocycles. The Morgan fingerprint density at radius 3 is 2.27 bits per heavy atom. The van der Waals surface area contributed by atoms with Crippen LogP contribution < -0.4 is 0 Å². The van der Waals surface area contributed by atoms with Crippen LogP contribution in [0.4, 0.5) is 0 Å². The summed E-state index contributed by atoms with van der Waals surface area (Å²) in [5.41, 5.74) is 0. The van der Waals surface area contributed by atoms with Crippen LogP contribution in [0.3, 0.4) is 0 Å². The highest BCUT2D eigenvalue weighted by Crippen LogP contribution is 2.11. The van der Waals surface area contributed by atoms with Crippen LogP contribution in [0.15, 0.2) is 0 Å². The standard InChI is InChI=1S/C11H23NO3/c1-3-12(4-2)8-5-6-10(7-9-13)11(14)15/h10,13H,3-9H2,1-2H3,(H,14,15)/t10-/m1/s1. The Labute approximate surface area is 91.9 Å². The zero-order valence-corrected chi connectivity index (χ0v) is 9.78. The van der Waals surface area contributed by atoms with E-state index in [1.165, 1.54) is 0 Å². The molecule has 0 aromatic rings. The van der Waals surface area contributed by atoms with E-state index < -0.39 is 5.97 Å². The molecule has 4 nitrogen and oxygen atoms in total. The molecule has 0 spiro atoms. The summed E-state index contributed by atoms with van der Waals surface area (Å²) in [6.07, 6.45) is 1.92. The van der Waals surface area contributed by atoms with Gasteiger partial charge in [-0.15, -0.1) is 0 Å². The molecule has 1 atom stereocenters. The zero-order valence-electron chi connectivity index (χ0n) is 9.78. The van der Waals surface area contributed by atoms with Crippen LogP contribution in [-0.4, -0.2) is 47.3 Å². The monoisotopic (exact) mass is 217 g/mol. The molecule has 0 fully saturated rings. The smallest absolute Gasteiger partial charge is 0.306 e. The van der Waals surface area contributed by atoms with Crippen molar-refractivity contribution < 1.29 is 15.0 Å². The van der Waals surface area contributed by atoms with Crippen molar-refractivity contribution in [3.05, 3.63) is 0 Å². The van der Waals surface area contributed by atoms with Gasteiger partial charge in [0.1, 0.15) is 0 Å². The fraction of sp³-hybridized carbons (Fsp3) is 0.909. The average Bonchev–Trinajstić information content (AvgIpc) is 2.22. The Morgan fingerprint density at radius 1 is 1.27 bits per heavy atom. The van der Waals surface area contributed by atoms with Gasteiger partial charge in [-0.3, -0.25) is 4.79 Å². The Kier molecular flexibility index (Phi) is 8.33. The number of hydrogen-bond donors (Lipinski definition) is 2. The quantitative estimate of drug-likeness (QED) is 0.609. The zero-order chi connectivity index (χ0) is 11.7. The van der Waals surface area contributed by atoms with Crippen molar-refractivity contribution in [3.63, 3.8) is 0 Å². The van der Waals surface area contributed by atoms with Gasteiger partial charge in [0.25, 0.3) is 0 Å². The summed E-state index contributed by atoms with van der Waals surface area (Å²) < 4.78 is 0. The lowest BCUT2D eigenvalue weighted by atomic mass is 10.00. The molecular weight excluding hydrogens is 194 g/mol. The van der Waals surface area contributed by atoms with E-state index >= 15 is 0 Å². The van der Waals surface area contributed by atoms with Gasteiger partial charge in [0.05, 0.1) is 5.92 Å². The number of aliphatic hydroxyl groups is 1. The van der Waals surface area contributed by atoms with E-state index in [0.29, 0.717) is 12.8 Å². The SMILES string of the molecule is CCN(CC)CCC[C@H](CCO)C(=O)O. The number of rotatable bonds is 9. The van der Waals surface area contributed by atoms with Crippen LogP contribution >= 0.6 is 0 Å². The van der Waals surface area contributed by atoms with Crippen molar-refractivity contribution in [3.8, 4) is 0 Å². The van der Waals surface area contributed by atoms with E-state index in [2.05, 4.69) is 18.7 Å². The topological polar surface area (TPSA) is 60.8 Å². The van der Waals surface area contributed by atoms with Crippen LogP contribution in [-0.2, 0) is 4.79 Å².